The average Bonchev–Trinajstić information content (AvgIpc) is 2.60. The Morgan fingerprint density at radius 3 is 2.00 bits per heavy atom. The molecule has 0 atom stereocenters. The molecule has 0 aliphatic rings. The van der Waals surface area contributed by atoms with E-state index >= 15 is 0 Å². The van der Waals surface area contributed by atoms with Crippen LogP contribution in [0.5, 0.6) is 0 Å². The number of ether oxygens (including phenoxy) is 1. The van der Waals surface area contributed by atoms with E-state index in [4.69, 9.17) is 4.74 Å². The van der Waals surface area contributed by atoms with Crippen LogP contribution in [0.1, 0.15) is 56.2 Å². The van der Waals surface area contributed by atoms with Crippen LogP contribution in [0.15, 0.2) is 48.5 Å². The first-order valence-corrected chi connectivity index (χ1v) is 8.80. The molecule has 2 aromatic rings. The summed E-state index contributed by atoms with van der Waals surface area (Å²) in [7, 11) is 0. The molecule has 138 valence electrons. The molecule has 0 radical (unpaired) electrons. The first-order chi connectivity index (χ1) is 12.4. The van der Waals surface area contributed by atoms with Gasteiger partial charge in [-0.15, -0.1) is 0 Å². The lowest BCUT2D eigenvalue weighted by Gasteiger charge is -2.20. The van der Waals surface area contributed by atoms with E-state index in [9.17, 15) is 9.59 Å². The van der Waals surface area contributed by atoms with E-state index in [-0.39, 0.29) is 18.4 Å². The summed E-state index contributed by atoms with van der Waals surface area (Å²) in [5.41, 5.74) is 3.68. The van der Waals surface area contributed by atoms with Gasteiger partial charge in [-0.1, -0.05) is 76.2 Å². The van der Waals surface area contributed by atoms with Gasteiger partial charge in [-0.3, -0.25) is 0 Å². The minimum absolute atomic E-state index is 0.111. The molecule has 0 fully saturated rings. The molecule has 3 amide bonds. The number of amides is 3. The molecule has 2 rings (SSSR count). The normalized spacial score (nSPS) is 10.7. The Hall–Kier alpha value is -2.82. The molecule has 0 saturated carbocycles. The highest BCUT2D eigenvalue weighted by Gasteiger charge is 2.17. The number of hydrogen-bond acceptors (Lipinski definition) is 3. The first-order valence-electron chi connectivity index (χ1n) is 8.80. The zero-order chi connectivity index (χ0) is 19.1. The minimum Gasteiger partial charge on any atom is -0.444 e. The highest BCUT2D eigenvalue weighted by Crippen LogP contribution is 2.32. The summed E-state index contributed by atoms with van der Waals surface area (Å²) in [6.07, 6.45) is -0.778. The van der Waals surface area contributed by atoms with Crippen LogP contribution in [0.2, 0.25) is 0 Å². The van der Waals surface area contributed by atoms with Crippen molar-refractivity contribution in [2.75, 3.05) is 5.32 Å². The van der Waals surface area contributed by atoms with E-state index in [2.05, 4.69) is 38.3 Å². The Morgan fingerprint density at radius 2 is 1.46 bits per heavy atom. The van der Waals surface area contributed by atoms with Crippen LogP contribution < -0.4 is 10.6 Å². The van der Waals surface area contributed by atoms with Gasteiger partial charge in [0.2, 0.25) is 0 Å². The Balaban J connectivity index is 2.02. The molecule has 0 unspecified atom stereocenters. The molecule has 0 bridgehead atoms. The fraction of sp³-hybridized carbons (Fsp3) is 0.333. The number of benzene rings is 2. The standard InChI is InChI=1S/C21H26N2O3/c1-14(2)17-11-8-12-18(15(3)4)19(17)22-20(24)23-21(25)26-13-16-9-6-5-7-10-16/h5-12,14-15H,13H2,1-4H3,(H2,22,23,24,25). The van der Waals surface area contributed by atoms with Crippen molar-refractivity contribution in [2.24, 2.45) is 0 Å². The van der Waals surface area contributed by atoms with Crippen LogP contribution in [-0.2, 0) is 11.3 Å². The van der Waals surface area contributed by atoms with Gasteiger partial charge >= 0.3 is 12.1 Å². The van der Waals surface area contributed by atoms with Gasteiger partial charge in [0.1, 0.15) is 6.61 Å². The molecule has 0 aromatic heterocycles. The number of anilines is 1. The molecular weight excluding hydrogens is 328 g/mol. The summed E-state index contributed by atoms with van der Waals surface area (Å²) in [5, 5.41) is 5.04. The second kappa shape index (κ2) is 9.04. The van der Waals surface area contributed by atoms with Gasteiger partial charge in [0.15, 0.2) is 0 Å². The van der Waals surface area contributed by atoms with Crippen molar-refractivity contribution >= 4 is 17.8 Å². The maximum atomic E-state index is 12.3. The van der Waals surface area contributed by atoms with Gasteiger partial charge in [0.25, 0.3) is 0 Å². The number of para-hydroxylation sites is 1. The Bertz CT molecular complexity index is 729. The molecule has 2 aromatic carbocycles. The minimum atomic E-state index is -0.778. The van der Waals surface area contributed by atoms with Crippen LogP contribution >= 0.6 is 0 Å². The van der Waals surface area contributed by atoms with Crippen molar-refractivity contribution in [3.05, 3.63) is 65.2 Å². The second-order valence-corrected chi connectivity index (χ2v) is 6.76. The van der Waals surface area contributed by atoms with Gasteiger partial charge in [-0.2, -0.15) is 0 Å². The topological polar surface area (TPSA) is 67.4 Å². The van der Waals surface area contributed by atoms with Crippen LogP contribution in [-0.4, -0.2) is 12.1 Å². The monoisotopic (exact) mass is 354 g/mol. The maximum Gasteiger partial charge on any atom is 0.415 e. The summed E-state index contributed by atoms with van der Waals surface area (Å²) in [4.78, 5) is 24.1. The predicted octanol–water partition coefficient (Wildman–Crippen LogP) is 5.39. The smallest absolute Gasteiger partial charge is 0.415 e. The van der Waals surface area contributed by atoms with Crippen LogP contribution in [0.25, 0.3) is 0 Å². The van der Waals surface area contributed by atoms with Gasteiger partial charge in [-0.25, -0.2) is 14.9 Å². The van der Waals surface area contributed by atoms with Gasteiger partial charge < -0.3 is 10.1 Å². The highest BCUT2D eigenvalue weighted by molar-refractivity contribution is 6.00. The van der Waals surface area contributed by atoms with Crippen molar-refractivity contribution < 1.29 is 14.3 Å². The number of hydrogen-bond donors (Lipinski definition) is 2. The zero-order valence-corrected chi connectivity index (χ0v) is 15.7. The third-order valence-electron chi connectivity index (χ3n) is 4.04. The fourth-order valence-corrected chi connectivity index (χ4v) is 2.69. The quantitative estimate of drug-likeness (QED) is 0.756. The number of carbonyl (C=O) groups excluding carboxylic acids is 2. The molecule has 0 spiro atoms. The second-order valence-electron chi connectivity index (χ2n) is 6.76. The van der Waals surface area contributed by atoms with E-state index in [1.807, 2.05) is 48.5 Å². The predicted molar refractivity (Wildman–Crippen MR) is 103 cm³/mol. The Labute approximate surface area is 154 Å². The lowest BCUT2D eigenvalue weighted by atomic mass is 9.93. The molecule has 0 aliphatic carbocycles. The van der Waals surface area contributed by atoms with Gasteiger partial charge in [0, 0.05) is 5.69 Å². The number of carbonyl (C=O) groups is 2. The van der Waals surface area contributed by atoms with Crippen LogP contribution in [0, 0.1) is 0 Å². The molecule has 5 nitrogen and oxygen atoms in total. The maximum absolute atomic E-state index is 12.3. The van der Waals surface area contributed by atoms with Crippen LogP contribution in [0.3, 0.4) is 0 Å². The van der Waals surface area contributed by atoms with E-state index < -0.39 is 12.1 Å². The largest absolute Gasteiger partial charge is 0.444 e. The third kappa shape index (κ3) is 5.34. The number of nitrogens with one attached hydrogen (secondary N) is 2. The lowest BCUT2D eigenvalue weighted by Crippen LogP contribution is -2.35. The number of imide groups is 1. The number of urea groups is 1. The van der Waals surface area contributed by atoms with Crippen LogP contribution in [0.4, 0.5) is 15.3 Å². The molecular formula is C21H26N2O3. The van der Waals surface area contributed by atoms with Gasteiger partial charge in [-0.05, 0) is 28.5 Å². The summed E-state index contributed by atoms with van der Waals surface area (Å²) < 4.78 is 5.08. The third-order valence-corrected chi connectivity index (χ3v) is 4.04. The van der Waals surface area contributed by atoms with Crippen molar-refractivity contribution in [3.63, 3.8) is 0 Å². The highest BCUT2D eigenvalue weighted by atomic mass is 16.5. The SMILES string of the molecule is CC(C)c1cccc(C(C)C)c1NC(=O)NC(=O)OCc1ccccc1. The number of alkyl carbamates (subject to hydrolysis) is 1. The molecule has 0 aliphatic heterocycles. The average molecular weight is 354 g/mol. The summed E-state index contributed by atoms with van der Waals surface area (Å²) >= 11 is 0. The molecule has 0 heterocycles. The first kappa shape index (κ1) is 19.5. The molecule has 5 heteroatoms. The van der Waals surface area contributed by atoms with Gasteiger partial charge in [0.05, 0.1) is 0 Å². The van der Waals surface area contributed by atoms with E-state index in [1.54, 1.807) is 0 Å². The van der Waals surface area contributed by atoms with E-state index in [0.29, 0.717) is 0 Å². The Kier molecular flexibility index (Phi) is 6.78. The van der Waals surface area contributed by atoms with E-state index in [0.717, 1.165) is 22.4 Å². The molecule has 0 saturated heterocycles. The lowest BCUT2D eigenvalue weighted by molar-refractivity contribution is 0.142. The summed E-state index contributed by atoms with van der Waals surface area (Å²) in [5.74, 6) is 0.489. The molecule has 2 N–H and O–H groups in total. The van der Waals surface area contributed by atoms with Crippen molar-refractivity contribution in [1.29, 1.82) is 0 Å². The summed E-state index contributed by atoms with van der Waals surface area (Å²) in [6.45, 7) is 8.38. The zero-order valence-electron chi connectivity index (χ0n) is 15.7. The molecule has 26 heavy (non-hydrogen) atoms. The van der Waals surface area contributed by atoms with Crippen molar-refractivity contribution in [1.82, 2.24) is 5.32 Å². The van der Waals surface area contributed by atoms with Crippen molar-refractivity contribution in [3.8, 4) is 0 Å². The van der Waals surface area contributed by atoms with Crippen molar-refractivity contribution in [2.45, 2.75) is 46.1 Å². The summed E-state index contributed by atoms with van der Waals surface area (Å²) in [6, 6.07) is 14.7. The van der Waals surface area contributed by atoms with E-state index in [1.165, 1.54) is 0 Å². The number of rotatable bonds is 5. The fourth-order valence-electron chi connectivity index (χ4n) is 2.69. The Morgan fingerprint density at radius 1 is 0.885 bits per heavy atom.